The molecule has 0 saturated carbocycles. The molecular formula is C14H19N3. The van der Waals surface area contributed by atoms with Crippen LogP contribution >= 0.6 is 0 Å². The van der Waals surface area contributed by atoms with Crippen molar-refractivity contribution < 1.29 is 0 Å². The van der Waals surface area contributed by atoms with Crippen molar-refractivity contribution in [2.24, 2.45) is 7.05 Å². The zero-order chi connectivity index (χ0) is 12.7. The quantitative estimate of drug-likeness (QED) is 0.817. The number of benzene rings is 1. The minimum absolute atomic E-state index is 0.565. The molecule has 0 saturated heterocycles. The summed E-state index contributed by atoms with van der Waals surface area (Å²) in [7, 11) is 1.96. The van der Waals surface area contributed by atoms with Crippen LogP contribution in [0.4, 0.5) is 5.95 Å². The Hall–Kier alpha value is -1.77. The zero-order valence-corrected chi connectivity index (χ0v) is 11.1. The van der Waals surface area contributed by atoms with Gasteiger partial charge in [-0.25, -0.2) is 4.98 Å². The topological polar surface area (TPSA) is 43.8 Å². The second-order valence-electron chi connectivity index (χ2n) is 4.64. The number of aryl methyl sites for hydroxylation is 2. The normalized spacial score (nSPS) is 10.9. The van der Waals surface area contributed by atoms with Crippen LogP contribution in [0.15, 0.2) is 12.1 Å². The van der Waals surface area contributed by atoms with Crippen LogP contribution in [0.2, 0.25) is 0 Å². The highest BCUT2D eigenvalue weighted by Crippen LogP contribution is 2.30. The Kier molecular flexibility index (Phi) is 2.69. The number of nitrogen functional groups attached to an aromatic ring is 1. The van der Waals surface area contributed by atoms with Gasteiger partial charge in [0.1, 0.15) is 0 Å². The summed E-state index contributed by atoms with van der Waals surface area (Å²) in [6, 6.07) is 4.31. The van der Waals surface area contributed by atoms with E-state index >= 15 is 0 Å². The van der Waals surface area contributed by atoms with Crippen molar-refractivity contribution in [3.05, 3.63) is 34.5 Å². The second kappa shape index (κ2) is 3.91. The molecule has 3 heteroatoms. The van der Waals surface area contributed by atoms with Gasteiger partial charge in [-0.3, -0.25) is 0 Å². The average molecular weight is 229 g/mol. The van der Waals surface area contributed by atoms with E-state index in [9.17, 15) is 0 Å². The minimum Gasteiger partial charge on any atom is -0.369 e. The summed E-state index contributed by atoms with van der Waals surface area (Å²) in [6.07, 6.45) is 0. The summed E-state index contributed by atoms with van der Waals surface area (Å²) in [5.41, 5.74) is 13.1. The molecule has 0 fully saturated rings. The highest BCUT2D eigenvalue weighted by Gasteiger charge is 2.14. The molecule has 0 bridgehead atoms. The summed E-state index contributed by atoms with van der Waals surface area (Å²) in [5, 5.41) is 0. The molecule has 3 nitrogen and oxygen atoms in total. The Labute approximate surface area is 102 Å². The predicted octanol–water partition coefficient (Wildman–Crippen LogP) is 2.90. The van der Waals surface area contributed by atoms with Crippen LogP contribution in [0.5, 0.6) is 0 Å². The van der Waals surface area contributed by atoms with Gasteiger partial charge in [0, 0.05) is 12.6 Å². The molecule has 0 atom stereocenters. The fraction of sp³-hybridized carbons (Fsp3) is 0.357. The highest BCUT2D eigenvalue weighted by atomic mass is 15.1. The molecule has 1 aromatic carbocycles. The van der Waals surface area contributed by atoms with Crippen LogP contribution in [0, 0.1) is 27.7 Å². The Morgan fingerprint density at radius 2 is 1.71 bits per heavy atom. The number of hydrogen-bond donors (Lipinski definition) is 1. The molecule has 0 amide bonds. The van der Waals surface area contributed by atoms with E-state index in [-0.39, 0.29) is 0 Å². The number of hydrogen-bond acceptors (Lipinski definition) is 2. The molecule has 1 aromatic heterocycles. The number of rotatable bonds is 1. The van der Waals surface area contributed by atoms with E-state index in [1.165, 1.54) is 22.3 Å². The Morgan fingerprint density at radius 1 is 1.06 bits per heavy atom. The summed E-state index contributed by atoms with van der Waals surface area (Å²) in [4.78, 5) is 4.32. The van der Waals surface area contributed by atoms with Crippen molar-refractivity contribution in [2.45, 2.75) is 27.7 Å². The first-order valence-electron chi connectivity index (χ1n) is 5.79. The first kappa shape index (κ1) is 11.7. The van der Waals surface area contributed by atoms with Crippen LogP contribution in [0.25, 0.3) is 11.3 Å². The van der Waals surface area contributed by atoms with Gasteiger partial charge in [-0.2, -0.15) is 0 Å². The summed E-state index contributed by atoms with van der Waals surface area (Å²) in [5.74, 6) is 0.565. The third-order valence-electron chi connectivity index (χ3n) is 3.62. The minimum atomic E-state index is 0.565. The lowest BCUT2D eigenvalue weighted by Gasteiger charge is -2.12. The number of anilines is 1. The maximum Gasteiger partial charge on any atom is 0.200 e. The summed E-state index contributed by atoms with van der Waals surface area (Å²) >= 11 is 0. The van der Waals surface area contributed by atoms with Gasteiger partial charge in [0.25, 0.3) is 0 Å². The largest absolute Gasteiger partial charge is 0.369 e. The maximum atomic E-state index is 5.85. The van der Waals surface area contributed by atoms with E-state index in [2.05, 4.69) is 37.9 Å². The molecular weight excluding hydrogens is 210 g/mol. The maximum absolute atomic E-state index is 5.85. The Morgan fingerprint density at radius 3 is 2.24 bits per heavy atom. The molecule has 17 heavy (non-hydrogen) atoms. The molecule has 0 aliphatic rings. The molecule has 0 aliphatic heterocycles. The lowest BCUT2D eigenvalue weighted by atomic mass is 9.96. The van der Waals surface area contributed by atoms with Crippen molar-refractivity contribution in [3.63, 3.8) is 0 Å². The third-order valence-corrected chi connectivity index (χ3v) is 3.62. The van der Waals surface area contributed by atoms with Crippen molar-refractivity contribution in [1.82, 2.24) is 9.55 Å². The number of nitrogens with two attached hydrogens (primary N) is 1. The van der Waals surface area contributed by atoms with Crippen LogP contribution in [-0.2, 0) is 7.05 Å². The van der Waals surface area contributed by atoms with E-state index < -0.39 is 0 Å². The molecule has 90 valence electrons. The van der Waals surface area contributed by atoms with Crippen molar-refractivity contribution in [3.8, 4) is 11.3 Å². The first-order chi connectivity index (χ1) is 7.93. The van der Waals surface area contributed by atoms with Crippen LogP contribution < -0.4 is 5.73 Å². The molecule has 2 aromatic rings. The molecule has 2 N–H and O–H groups in total. The molecule has 2 rings (SSSR count). The molecule has 1 heterocycles. The smallest absolute Gasteiger partial charge is 0.200 e. The van der Waals surface area contributed by atoms with Gasteiger partial charge in [-0.05, 0) is 44.4 Å². The van der Waals surface area contributed by atoms with E-state index in [1.807, 2.05) is 18.5 Å². The fourth-order valence-electron chi connectivity index (χ4n) is 2.25. The van der Waals surface area contributed by atoms with Crippen molar-refractivity contribution >= 4 is 5.95 Å². The third kappa shape index (κ3) is 1.71. The van der Waals surface area contributed by atoms with Gasteiger partial charge in [-0.1, -0.05) is 12.1 Å². The van der Waals surface area contributed by atoms with Gasteiger partial charge in [0.15, 0.2) is 0 Å². The van der Waals surface area contributed by atoms with Gasteiger partial charge in [0.05, 0.1) is 11.4 Å². The SMILES string of the molecule is Cc1ccc(-c2c(C)nc(N)n2C)c(C)c1C. The number of imidazole rings is 1. The van der Waals surface area contributed by atoms with E-state index in [4.69, 9.17) is 5.73 Å². The molecule has 0 aliphatic carbocycles. The van der Waals surface area contributed by atoms with Gasteiger partial charge in [0.2, 0.25) is 5.95 Å². The van der Waals surface area contributed by atoms with E-state index in [0.29, 0.717) is 5.95 Å². The van der Waals surface area contributed by atoms with E-state index in [0.717, 1.165) is 11.4 Å². The molecule has 0 unspecified atom stereocenters. The van der Waals surface area contributed by atoms with Crippen LogP contribution in [-0.4, -0.2) is 9.55 Å². The van der Waals surface area contributed by atoms with Gasteiger partial charge >= 0.3 is 0 Å². The monoisotopic (exact) mass is 229 g/mol. The highest BCUT2D eigenvalue weighted by molar-refractivity contribution is 5.70. The van der Waals surface area contributed by atoms with Crippen molar-refractivity contribution in [1.29, 1.82) is 0 Å². The van der Waals surface area contributed by atoms with Crippen LogP contribution in [0.3, 0.4) is 0 Å². The first-order valence-corrected chi connectivity index (χ1v) is 5.79. The van der Waals surface area contributed by atoms with Crippen LogP contribution in [0.1, 0.15) is 22.4 Å². The van der Waals surface area contributed by atoms with Gasteiger partial charge < -0.3 is 10.3 Å². The Bertz CT molecular complexity index is 580. The van der Waals surface area contributed by atoms with E-state index in [1.54, 1.807) is 0 Å². The lowest BCUT2D eigenvalue weighted by molar-refractivity contribution is 0.936. The predicted molar refractivity (Wildman–Crippen MR) is 72.0 cm³/mol. The summed E-state index contributed by atoms with van der Waals surface area (Å²) < 4.78 is 1.95. The standard InChI is InChI=1S/C14H19N3/c1-8-6-7-12(10(3)9(8)2)13-11(4)16-14(15)17(13)5/h6-7H,1-5H3,(H2,15,16). The number of aromatic nitrogens is 2. The molecule has 0 spiro atoms. The molecule has 0 radical (unpaired) electrons. The second-order valence-corrected chi connectivity index (χ2v) is 4.64. The lowest BCUT2D eigenvalue weighted by Crippen LogP contribution is -2.00. The summed E-state index contributed by atoms with van der Waals surface area (Å²) in [6.45, 7) is 8.44. The van der Waals surface area contributed by atoms with Gasteiger partial charge in [-0.15, -0.1) is 0 Å². The van der Waals surface area contributed by atoms with Crippen molar-refractivity contribution in [2.75, 3.05) is 5.73 Å². The fourth-order valence-corrected chi connectivity index (χ4v) is 2.25. The zero-order valence-electron chi connectivity index (χ0n) is 11.1. The number of nitrogens with zero attached hydrogens (tertiary/aromatic N) is 2. The average Bonchev–Trinajstić information content (AvgIpc) is 2.52. The Balaban J connectivity index is 2.73.